The SMILES string of the molecule is CC1(CNS(=O)(=O)c2c(N)nc3ccccn23)CC1. The van der Waals surface area contributed by atoms with Crippen LogP contribution in [0.25, 0.3) is 5.65 Å². The summed E-state index contributed by atoms with van der Waals surface area (Å²) in [6.45, 7) is 2.50. The van der Waals surface area contributed by atoms with Crippen molar-refractivity contribution in [2.45, 2.75) is 24.8 Å². The zero-order valence-electron chi connectivity index (χ0n) is 10.6. The largest absolute Gasteiger partial charge is 0.381 e. The summed E-state index contributed by atoms with van der Waals surface area (Å²) < 4.78 is 28.8. The molecule has 0 aromatic carbocycles. The molecule has 7 heteroatoms. The summed E-state index contributed by atoms with van der Waals surface area (Å²) in [5.41, 5.74) is 6.37. The smallest absolute Gasteiger partial charge is 0.260 e. The number of imidazole rings is 1. The molecule has 0 saturated heterocycles. The van der Waals surface area contributed by atoms with Gasteiger partial charge in [0.25, 0.3) is 10.0 Å². The fourth-order valence-electron chi connectivity index (χ4n) is 1.99. The van der Waals surface area contributed by atoms with E-state index in [9.17, 15) is 8.42 Å². The van der Waals surface area contributed by atoms with Crippen LogP contribution in [0.5, 0.6) is 0 Å². The van der Waals surface area contributed by atoms with Crippen molar-refractivity contribution in [3.63, 3.8) is 0 Å². The summed E-state index contributed by atoms with van der Waals surface area (Å²) >= 11 is 0. The van der Waals surface area contributed by atoms with Crippen molar-refractivity contribution >= 4 is 21.5 Å². The highest BCUT2D eigenvalue weighted by atomic mass is 32.2. The predicted molar refractivity (Wildman–Crippen MR) is 72.1 cm³/mol. The summed E-state index contributed by atoms with van der Waals surface area (Å²) in [5, 5.41) is 0.0207. The van der Waals surface area contributed by atoms with Gasteiger partial charge in [-0.25, -0.2) is 18.1 Å². The number of hydrogen-bond acceptors (Lipinski definition) is 4. The summed E-state index contributed by atoms with van der Waals surface area (Å²) in [6, 6.07) is 5.25. The van der Waals surface area contributed by atoms with Gasteiger partial charge in [-0.1, -0.05) is 13.0 Å². The van der Waals surface area contributed by atoms with E-state index in [1.165, 1.54) is 4.40 Å². The van der Waals surface area contributed by atoms with Crippen molar-refractivity contribution in [2.75, 3.05) is 12.3 Å². The average Bonchev–Trinajstić information content (AvgIpc) is 2.98. The van der Waals surface area contributed by atoms with E-state index in [1.807, 2.05) is 0 Å². The number of nitrogen functional groups attached to an aromatic ring is 1. The van der Waals surface area contributed by atoms with Crippen LogP contribution in [0.4, 0.5) is 5.82 Å². The van der Waals surface area contributed by atoms with Crippen molar-refractivity contribution < 1.29 is 8.42 Å². The number of nitrogens with one attached hydrogen (secondary N) is 1. The van der Waals surface area contributed by atoms with Crippen molar-refractivity contribution in [3.05, 3.63) is 24.4 Å². The highest BCUT2D eigenvalue weighted by Gasteiger charge is 2.38. The van der Waals surface area contributed by atoms with Gasteiger partial charge in [0, 0.05) is 12.7 Å². The first-order valence-electron chi connectivity index (χ1n) is 6.14. The molecule has 1 fully saturated rings. The van der Waals surface area contributed by atoms with Gasteiger partial charge in [0.1, 0.15) is 5.65 Å². The molecule has 1 aliphatic carbocycles. The lowest BCUT2D eigenvalue weighted by atomic mass is 10.2. The molecule has 1 saturated carbocycles. The van der Waals surface area contributed by atoms with Crippen molar-refractivity contribution in [2.24, 2.45) is 5.41 Å². The van der Waals surface area contributed by atoms with Crippen LogP contribution in [0.15, 0.2) is 29.4 Å². The Morgan fingerprint density at radius 3 is 2.89 bits per heavy atom. The molecule has 0 amide bonds. The maximum atomic E-state index is 12.4. The summed E-state index contributed by atoms with van der Waals surface area (Å²) in [7, 11) is -3.64. The molecule has 3 rings (SSSR count). The number of pyridine rings is 1. The Bertz CT molecular complexity index is 731. The van der Waals surface area contributed by atoms with Crippen LogP contribution in [0, 0.1) is 5.41 Å². The maximum absolute atomic E-state index is 12.4. The highest BCUT2D eigenvalue weighted by molar-refractivity contribution is 7.89. The van der Waals surface area contributed by atoms with Crippen molar-refractivity contribution in [1.29, 1.82) is 0 Å². The highest BCUT2D eigenvalue weighted by Crippen LogP contribution is 2.44. The molecule has 2 aromatic rings. The number of anilines is 1. The quantitative estimate of drug-likeness (QED) is 0.874. The lowest BCUT2D eigenvalue weighted by Gasteiger charge is -2.10. The zero-order chi connectivity index (χ0) is 13.7. The number of rotatable bonds is 4. The van der Waals surface area contributed by atoms with E-state index < -0.39 is 10.0 Å². The standard InChI is InChI=1S/C12H16N4O2S/c1-12(5-6-12)8-14-19(17,18)11-10(13)15-9-4-2-3-7-16(9)11/h2-4,7,14H,5-6,8,13H2,1H3. The van der Waals surface area contributed by atoms with Crippen LogP contribution in [0.1, 0.15) is 19.8 Å². The van der Waals surface area contributed by atoms with Crippen molar-refractivity contribution in [1.82, 2.24) is 14.1 Å². The Balaban J connectivity index is 2.00. The van der Waals surface area contributed by atoms with Gasteiger partial charge in [-0.15, -0.1) is 0 Å². The van der Waals surface area contributed by atoms with Crippen LogP contribution < -0.4 is 10.5 Å². The number of fused-ring (bicyclic) bond motifs is 1. The minimum atomic E-state index is -3.64. The third-order valence-electron chi connectivity index (χ3n) is 3.56. The van der Waals surface area contributed by atoms with Crippen LogP contribution in [-0.2, 0) is 10.0 Å². The van der Waals surface area contributed by atoms with Gasteiger partial charge in [0.05, 0.1) is 0 Å². The number of nitrogens with two attached hydrogens (primary N) is 1. The second kappa shape index (κ2) is 3.94. The number of sulfonamides is 1. The van der Waals surface area contributed by atoms with Crippen LogP contribution >= 0.6 is 0 Å². The molecule has 2 aromatic heterocycles. The minimum absolute atomic E-state index is 0.0207. The average molecular weight is 280 g/mol. The maximum Gasteiger partial charge on any atom is 0.260 e. The Labute approximate surface area is 111 Å². The second-order valence-corrected chi connectivity index (χ2v) is 7.05. The third kappa shape index (κ3) is 2.19. The molecular weight excluding hydrogens is 264 g/mol. The van der Waals surface area contributed by atoms with E-state index >= 15 is 0 Å². The fourth-order valence-corrected chi connectivity index (χ4v) is 3.40. The monoisotopic (exact) mass is 280 g/mol. The number of hydrogen-bond donors (Lipinski definition) is 2. The van der Waals surface area contributed by atoms with Crippen LogP contribution in [0.2, 0.25) is 0 Å². The molecule has 3 N–H and O–H groups in total. The minimum Gasteiger partial charge on any atom is -0.381 e. The van der Waals surface area contributed by atoms with E-state index in [0.717, 1.165) is 12.8 Å². The van der Waals surface area contributed by atoms with E-state index in [4.69, 9.17) is 5.73 Å². The molecule has 6 nitrogen and oxygen atoms in total. The first-order valence-corrected chi connectivity index (χ1v) is 7.62. The topological polar surface area (TPSA) is 89.5 Å². The first kappa shape index (κ1) is 12.4. The van der Waals surface area contributed by atoms with E-state index in [0.29, 0.717) is 12.2 Å². The van der Waals surface area contributed by atoms with Gasteiger partial charge >= 0.3 is 0 Å². The Kier molecular flexibility index (Phi) is 2.58. The summed E-state index contributed by atoms with van der Waals surface area (Å²) in [5.74, 6) is 0.0275. The summed E-state index contributed by atoms with van der Waals surface area (Å²) in [4.78, 5) is 4.06. The summed E-state index contributed by atoms with van der Waals surface area (Å²) in [6.07, 6.45) is 3.75. The molecule has 0 radical (unpaired) electrons. The molecule has 0 atom stereocenters. The van der Waals surface area contributed by atoms with Gasteiger partial charge in [0.15, 0.2) is 10.8 Å². The van der Waals surface area contributed by atoms with Gasteiger partial charge in [-0.05, 0) is 30.4 Å². The molecule has 102 valence electrons. The third-order valence-corrected chi connectivity index (χ3v) is 5.00. The fraction of sp³-hybridized carbons (Fsp3) is 0.417. The zero-order valence-corrected chi connectivity index (χ0v) is 11.4. The number of nitrogens with zero attached hydrogens (tertiary/aromatic N) is 2. The van der Waals surface area contributed by atoms with Gasteiger partial charge in [-0.3, -0.25) is 4.40 Å². The molecule has 1 aliphatic rings. The lowest BCUT2D eigenvalue weighted by molar-refractivity contribution is 0.528. The normalized spacial score (nSPS) is 17.7. The van der Waals surface area contributed by atoms with Gasteiger partial charge in [0.2, 0.25) is 0 Å². The molecule has 0 unspecified atom stereocenters. The van der Waals surface area contributed by atoms with E-state index in [-0.39, 0.29) is 16.3 Å². The van der Waals surface area contributed by atoms with E-state index in [2.05, 4.69) is 16.6 Å². The first-order chi connectivity index (χ1) is 8.91. The second-order valence-electron chi connectivity index (χ2n) is 5.37. The van der Waals surface area contributed by atoms with Gasteiger partial charge < -0.3 is 5.73 Å². The van der Waals surface area contributed by atoms with Crippen molar-refractivity contribution in [3.8, 4) is 0 Å². The van der Waals surface area contributed by atoms with Crippen LogP contribution in [0.3, 0.4) is 0 Å². The molecule has 0 bridgehead atoms. The Morgan fingerprint density at radius 2 is 2.21 bits per heavy atom. The van der Waals surface area contributed by atoms with E-state index in [1.54, 1.807) is 24.4 Å². The Hall–Kier alpha value is -1.60. The number of aromatic nitrogens is 2. The molecule has 0 aliphatic heterocycles. The predicted octanol–water partition coefficient (Wildman–Crippen LogP) is 0.995. The van der Waals surface area contributed by atoms with Gasteiger partial charge in [-0.2, -0.15) is 0 Å². The molecule has 0 spiro atoms. The Morgan fingerprint density at radius 1 is 1.47 bits per heavy atom. The molecule has 2 heterocycles. The van der Waals surface area contributed by atoms with Crippen LogP contribution in [-0.4, -0.2) is 24.3 Å². The molecular formula is C12H16N4O2S. The molecule has 19 heavy (non-hydrogen) atoms. The lowest BCUT2D eigenvalue weighted by Crippen LogP contribution is -2.30.